The second-order valence-electron chi connectivity index (χ2n) is 8.29. The highest BCUT2D eigenvalue weighted by molar-refractivity contribution is 5.89. The van der Waals surface area contributed by atoms with Gasteiger partial charge in [0, 0.05) is 6.54 Å². The molecule has 0 radical (unpaired) electrons. The van der Waals surface area contributed by atoms with Crippen LogP contribution in [0, 0.1) is 6.92 Å². The number of para-hydroxylation sites is 1. The summed E-state index contributed by atoms with van der Waals surface area (Å²) < 4.78 is 6.94. The van der Waals surface area contributed by atoms with Gasteiger partial charge in [0.25, 0.3) is 0 Å². The van der Waals surface area contributed by atoms with Crippen LogP contribution in [0.3, 0.4) is 0 Å². The molecule has 0 saturated carbocycles. The van der Waals surface area contributed by atoms with E-state index in [1.807, 2.05) is 55.5 Å². The predicted octanol–water partition coefficient (Wildman–Crippen LogP) is 4.02. The van der Waals surface area contributed by atoms with Crippen LogP contribution in [-0.2, 0) is 22.7 Å². The van der Waals surface area contributed by atoms with Crippen molar-refractivity contribution in [2.45, 2.75) is 45.8 Å². The second kappa shape index (κ2) is 10.8. The number of carbonyl (C=O) groups excluding carboxylic acids is 2. The Bertz CT molecular complexity index is 1230. The van der Waals surface area contributed by atoms with E-state index in [-0.39, 0.29) is 24.9 Å². The molecule has 0 aliphatic carbocycles. The van der Waals surface area contributed by atoms with Crippen molar-refractivity contribution in [1.29, 1.82) is 0 Å². The minimum absolute atomic E-state index is 0.00193. The number of carbonyl (C=O) groups is 2. The van der Waals surface area contributed by atoms with Gasteiger partial charge >= 0.3 is 0 Å². The van der Waals surface area contributed by atoms with Gasteiger partial charge in [0.2, 0.25) is 11.8 Å². The summed E-state index contributed by atoms with van der Waals surface area (Å²) in [5.74, 6) is 0.201. The van der Waals surface area contributed by atoms with Gasteiger partial charge in [-0.05, 0) is 43.2 Å². The zero-order chi connectivity index (χ0) is 23.9. The first-order valence-electron chi connectivity index (χ1n) is 11.5. The van der Waals surface area contributed by atoms with Crippen molar-refractivity contribution < 1.29 is 14.0 Å². The van der Waals surface area contributed by atoms with E-state index >= 15 is 0 Å². The Hall–Kier alpha value is -3.94. The minimum atomic E-state index is -0.774. The van der Waals surface area contributed by atoms with Crippen LogP contribution in [-0.4, -0.2) is 38.3 Å². The summed E-state index contributed by atoms with van der Waals surface area (Å²) in [6.45, 7) is 4.75. The molecule has 2 amide bonds. The third kappa shape index (κ3) is 5.33. The molecule has 0 saturated heterocycles. The third-order valence-corrected chi connectivity index (χ3v) is 5.75. The Labute approximate surface area is 198 Å². The highest BCUT2D eigenvalue weighted by Gasteiger charge is 2.31. The van der Waals surface area contributed by atoms with Crippen LogP contribution in [0.5, 0.6) is 0 Å². The van der Waals surface area contributed by atoms with Crippen LogP contribution >= 0.6 is 0 Å². The number of benzene rings is 2. The van der Waals surface area contributed by atoms with E-state index in [4.69, 9.17) is 4.42 Å². The van der Waals surface area contributed by atoms with Gasteiger partial charge in [-0.3, -0.25) is 9.59 Å². The molecular formula is C26H29N5O3. The van der Waals surface area contributed by atoms with Crippen LogP contribution in [0.4, 0.5) is 0 Å². The number of fused-ring (bicyclic) bond motifs is 1. The number of nitrogens with one attached hydrogen (secondary N) is 1. The fourth-order valence-corrected chi connectivity index (χ4v) is 3.88. The van der Waals surface area contributed by atoms with Gasteiger partial charge in [0.1, 0.15) is 23.9 Å². The lowest BCUT2D eigenvalue weighted by Crippen LogP contribution is -2.45. The van der Waals surface area contributed by atoms with Crippen LogP contribution in [0.15, 0.2) is 71.3 Å². The van der Waals surface area contributed by atoms with E-state index in [2.05, 4.69) is 22.6 Å². The van der Waals surface area contributed by atoms with Crippen LogP contribution in [0.2, 0.25) is 0 Å². The number of unbranched alkanes of at least 4 members (excludes halogenated alkanes) is 1. The third-order valence-electron chi connectivity index (χ3n) is 5.75. The van der Waals surface area contributed by atoms with Crippen molar-refractivity contribution in [1.82, 2.24) is 25.2 Å². The standard InChI is InChI=1S/C26H29N5O3/c1-3-4-15-30(24(32)18-31-23-10-6-5-9-22(23)28-29-31)25(20-13-11-19(2)12-14-20)26(33)27-17-21-8-7-16-34-21/h5-14,16,25H,3-4,15,17-18H2,1-2H3,(H,27,33)/t25-/m0/s1. The molecule has 0 aliphatic rings. The first kappa shape index (κ1) is 23.2. The maximum Gasteiger partial charge on any atom is 0.247 e. The van der Waals surface area contributed by atoms with E-state index in [0.717, 1.165) is 35.0 Å². The molecule has 2 aromatic carbocycles. The number of hydrogen-bond donors (Lipinski definition) is 1. The second-order valence-corrected chi connectivity index (χ2v) is 8.29. The van der Waals surface area contributed by atoms with Crippen molar-refractivity contribution in [2.75, 3.05) is 6.54 Å². The summed E-state index contributed by atoms with van der Waals surface area (Å²) in [5, 5.41) is 11.3. The van der Waals surface area contributed by atoms with Gasteiger partial charge in [0.05, 0.1) is 18.3 Å². The number of furan rings is 1. The Balaban J connectivity index is 1.63. The van der Waals surface area contributed by atoms with E-state index in [1.165, 1.54) is 0 Å². The largest absolute Gasteiger partial charge is 0.467 e. The fraction of sp³-hybridized carbons (Fsp3) is 0.308. The summed E-state index contributed by atoms with van der Waals surface area (Å²) in [5.41, 5.74) is 3.34. The molecule has 4 aromatic rings. The van der Waals surface area contributed by atoms with Crippen molar-refractivity contribution in [3.8, 4) is 0 Å². The quantitative estimate of drug-likeness (QED) is 0.387. The highest BCUT2D eigenvalue weighted by Crippen LogP contribution is 2.24. The molecule has 4 rings (SSSR count). The molecule has 34 heavy (non-hydrogen) atoms. The van der Waals surface area contributed by atoms with E-state index in [9.17, 15) is 9.59 Å². The summed E-state index contributed by atoms with van der Waals surface area (Å²) in [4.78, 5) is 28.7. The average Bonchev–Trinajstić information content (AvgIpc) is 3.51. The number of aryl methyl sites for hydroxylation is 1. The lowest BCUT2D eigenvalue weighted by atomic mass is 10.0. The smallest absolute Gasteiger partial charge is 0.247 e. The Morgan fingerprint density at radius 2 is 1.88 bits per heavy atom. The predicted molar refractivity (Wildman–Crippen MR) is 129 cm³/mol. The van der Waals surface area contributed by atoms with Crippen LogP contribution < -0.4 is 5.32 Å². The molecule has 0 spiro atoms. The lowest BCUT2D eigenvalue weighted by Gasteiger charge is -2.31. The molecule has 8 heteroatoms. The van der Waals surface area contributed by atoms with Crippen molar-refractivity contribution in [3.05, 3.63) is 83.8 Å². The van der Waals surface area contributed by atoms with Crippen LogP contribution in [0.1, 0.15) is 42.7 Å². The zero-order valence-electron chi connectivity index (χ0n) is 19.5. The molecule has 0 aliphatic heterocycles. The molecule has 176 valence electrons. The van der Waals surface area contributed by atoms with Gasteiger partial charge < -0.3 is 14.6 Å². The summed E-state index contributed by atoms with van der Waals surface area (Å²) >= 11 is 0. The topological polar surface area (TPSA) is 93.3 Å². The van der Waals surface area contributed by atoms with Crippen LogP contribution in [0.25, 0.3) is 11.0 Å². The molecule has 1 N–H and O–H groups in total. The molecule has 0 unspecified atom stereocenters. The number of aromatic nitrogens is 3. The molecule has 2 aromatic heterocycles. The minimum Gasteiger partial charge on any atom is -0.467 e. The first-order valence-corrected chi connectivity index (χ1v) is 11.5. The maximum absolute atomic E-state index is 13.6. The van der Waals surface area contributed by atoms with Crippen molar-refractivity contribution in [2.24, 2.45) is 0 Å². The highest BCUT2D eigenvalue weighted by atomic mass is 16.3. The Morgan fingerprint density at radius 1 is 1.09 bits per heavy atom. The molecule has 0 bridgehead atoms. The summed E-state index contributed by atoms with van der Waals surface area (Å²) in [7, 11) is 0. The molecule has 8 nitrogen and oxygen atoms in total. The summed E-state index contributed by atoms with van der Waals surface area (Å²) in [6, 6.07) is 18.0. The number of nitrogens with zero attached hydrogens (tertiary/aromatic N) is 4. The van der Waals surface area contributed by atoms with Gasteiger partial charge in [-0.2, -0.15) is 0 Å². The van der Waals surface area contributed by atoms with E-state index in [1.54, 1.807) is 28.0 Å². The van der Waals surface area contributed by atoms with E-state index in [0.29, 0.717) is 12.3 Å². The fourth-order valence-electron chi connectivity index (χ4n) is 3.88. The molecular weight excluding hydrogens is 430 g/mol. The van der Waals surface area contributed by atoms with Gasteiger partial charge in [0.15, 0.2) is 0 Å². The van der Waals surface area contributed by atoms with Crippen molar-refractivity contribution in [3.63, 3.8) is 0 Å². The maximum atomic E-state index is 13.6. The Kier molecular flexibility index (Phi) is 7.37. The van der Waals surface area contributed by atoms with E-state index < -0.39 is 6.04 Å². The normalized spacial score (nSPS) is 11.9. The average molecular weight is 460 g/mol. The number of hydrogen-bond acceptors (Lipinski definition) is 5. The Morgan fingerprint density at radius 3 is 2.62 bits per heavy atom. The number of rotatable bonds is 10. The van der Waals surface area contributed by atoms with Gasteiger partial charge in [-0.25, -0.2) is 4.68 Å². The summed E-state index contributed by atoms with van der Waals surface area (Å²) in [6.07, 6.45) is 3.24. The monoisotopic (exact) mass is 459 g/mol. The SMILES string of the molecule is CCCCN(C(=O)Cn1nnc2ccccc21)[C@H](C(=O)NCc1ccco1)c1ccc(C)cc1. The first-order chi connectivity index (χ1) is 16.6. The van der Waals surface area contributed by atoms with Gasteiger partial charge in [-0.15, -0.1) is 5.10 Å². The molecule has 1 atom stereocenters. The number of amides is 2. The molecule has 0 fully saturated rings. The van der Waals surface area contributed by atoms with Crippen molar-refractivity contribution >= 4 is 22.8 Å². The van der Waals surface area contributed by atoms with Gasteiger partial charge in [-0.1, -0.05) is 60.5 Å². The molecule has 2 heterocycles. The lowest BCUT2D eigenvalue weighted by molar-refractivity contribution is -0.141. The zero-order valence-corrected chi connectivity index (χ0v) is 19.5.